The molecule has 254 valence electrons. The number of nitrogens with one attached hydrogen (secondary N) is 1. The number of amides is 1. The summed E-state index contributed by atoms with van der Waals surface area (Å²) in [5.74, 6) is -2.42. The zero-order valence-corrected chi connectivity index (χ0v) is 27.6. The number of carbonyl (C=O) groups is 3. The standard InChI is InChI=1S/C32H56NO10P/c1-3-5-7-8-9-10-11-12-13-14-15-16-17-18-19-20-22-23-30(35)33-29(32(37)38)27-43-44(39,40)42-26-28(34)25-41-31(36)24-21-6-4-2/h5,7,9-10,12-13,28-29,34H,3-4,6,8,11,14-27H2,1-2H3,(H,33,35)(H,37,38)(H,39,40)/b7-5-,10-9-,13-12-. The lowest BCUT2D eigenvalue weighted by atomic mass is 10.1. The highest BCUT2D eigenvalue weighted by atomic mass is 31.2. The number of phosphoric ester groups is 1. The second-order valence-corrected chi connectivity index (χ2v) is 12.1. The molecule has 0 aliphatic carbocycles. The predicted molar refractivity (Wildman–Crippen MR) is 171 cm³/mol. The molecule has 0 aromatic heterocycles. The minimum absolute atomic E-state index is 0.133. The smallest absolute Gasteiger partial charge is 0.472 e. The van der Waals surface area contributed by atoms with E-state index in [1.54, 1.807) is 0 Å². The van der Waals surface area contributed by atoms with Gasteiger partial charge in [-0.25, -0.2) is 9.36 Å². The molecular weight excluding hydrogens is 589 g/mol. The molecule has 44 heavy (non-hydrogen) atoms. The van der Waals surface area contributed by atoms with Crippen LogP contribution in [0.2, 0.25) is 0 Å². The lowest BCUT2D eigenvalue weighted by Gasteiger charge is -2.18. The third-order valence-electron chi connectivity index (χ3n) is 6.44. The number of hydrogen-bond donors (Lipinski definition) is 4. The van der Waals surface area contributed by atoms with Crippen molar-refractivity contribution in [1.82, 2.24) is 5.32 Å². The first-order chi connectivity index (χ1) is 21.1. The number of phosphoric acid groups is 1. The molecule has 3 atom stereocenters. The molecule has 0 heterocycles. The van der Waals surface area contributed by atoms with Gasteiger partial charge in [0.2, 0.25) is 5.91 Å². The number of carboxylic acid groups (broad SMARTS) is 1. The third-order valence-corrected chi connectivity index (χ3v) is 7.39. The van der Waals surface area contributed by atoms with E-state index in [-0.39, 0.29) is 12.8 Å². The van der Waals surface area contributed by atoms with Gasteiger partial charge in [-0.1, -0.05) is 95.2 Å². The molecule has 11 nitrogen and oxygen atoms in total. The first kappa shape index (κ1) is 41.7. The Morgan fingerprint density at radius 1 is 0.750 bits per heavy atom. The Bertz CT molecular complexity index is 905. The van der Waals surface area contributed by atoms with Crippen LogP contribution in [0.3, 0.4) is 0 Å². The summed E-state index contributed by atoms with van der Waals surface area (Å²) in [5, 5.41) is 21.5. The van der Waals surface area contributed by atoms with E-state index in [1.807, 2.05) is 6.92 Å². The number of carbonyl (C=O) groups excluding carboxylic acids is 2. The number of aliphatic carboxylic acids is 1. The molecule has 0 aliphatic heterocycles. The molecule has 12 heteroatoms. The van der Waals surface area contributed by atoms with E-state index in [2.05, 4.69) is 53.2 Å². The van der Waals surface area contributed by atoms with E-state index >= 15 is 0 Å². The van der Waals surface area contributed by atoms with Crippen LogP contribution in [0.5, 0.6) is 0 Å². The van der Waals surface area contributed by atoms with Gasteiger partial charge in [0.15, 0.2) is 6.04 Å². The average Bonchev–Trinajstić information content (AvgIpc) is 2.98. The average molecular weight is 646 g/mol. The Balaban J connectivity index is 4.00. The molecule has 0 radical (unpaired) electrons. The second-order valence-electron chi connectivity index (χ2n) is 10.6. The van der Waals surface area contributed by atoms with Crippen LogP contribution in [-0.2, 0) is 32.7 Å². The number of carboxylic acids is 1. The van der Waals surface area contributed by atoms with Gasteiger partial charge < -0.3 is 25.2 Å². The summed E-state index contributed by atoms with van der Waals surface area (Å²) in [7, 11) is -4.73. The maximum atomic E-state index is 12.2. The molecule has 0 bridgehead atoms. The van der Waals surface area contributed by atoms with Gasteiger partial charge in [-0.2, -0.15) is 0 Å². The van der Waals surface area contributed by atoms with Gasteiger partial charge in [-0.3, -0.25) is 18.6 Å². The van der Waals surface area contributed by atoms with Gasteiger partial charge in [0.1, 0.15) is 12.7 Å². The lowest BCUT2D eigenvalue weighted by molar-refractivity contribution is -0.147. The summed E-state index contributed by atoms with van der Waals surface area (Å²) < 4.78 is 26.3. The summed E-state index contributed by atoms with van der Waals surface area (Å²) in [5.41, 5.74) is 0. The van der Waals surface area contributed by atoms with Crippen molar-refractivity contribution in [3.63, 3.8) is 0 Å². The lowest BCUT2D eigenvalue weighted by Crippen LogP contribution is -2.43. The van der Waals surface area contributed by atoms with Crippen molar-refractivity contribution in [2.75, 3.05) is 19.8 Å². The van der Waals surface area contributed by atoms with Gasteiger partial charge in [0.25, 0.3) is 0 Å². The van der Waals surface area contributed by atoms with Crippen LogP contribution in [-0.4, -0.2) is 64.9 Å². The summed E-state index contributed by atoms with van der Waals surface area (Å²) in [6.45, 7) is 2.22. The second kappa shape index (κ2) is 28.2. The fourth-order valence-corrected chi connectivity index (χ4v) is 4.69. The number of rotatable bonds is 29. The zero-order chi connectivity index (χ0) is 32.9. The van der Waals surface area contributed by atoms with Gasteiger partial charge in [0.05, 0.1) is 13.2 Å². The van der Waals surface area contributed by atoms with Crippen LogP contribution in [0.4, 0.5) is 0 Å². The van der Waals surface area contributed by atoms with Crippen molar-refractivity contribution >= 4 is 25.7 Å². The van der Waals surface area contributed by atoms with E-state index in [1.165, 1.54) is 0 Å². The number of allylic oxidation sites excluding steroid dienone is 6. The van der Waals surface area contributed by atoms with E-state index < -0.39 is 57.6 Å². The number of hydrogen-bond acceptors (Lipinski definition) is 8. The molecule has 0 aromatic rings. The number of unbranched alkanes of at least 4 members (excludes halogenated alkanes) is 9. The fourth-order valence-electron chi connectivity index (χ4n) is 3.91. The number of esters is 1. The SMILES string of the molecule is CC/C=C\C/C=C\C/C=C\CCCCCCCCCC(=O)NC(COP(=O)(O)OCC(O)COC(=O)CCCCC)C(=O)O. The monoisotopic (exact) mass is 645 g/mol. The Labute approximate surface area is 263 Å². The Kier molecular flexibility index (Phi) is 26.7. The highest BCUT2D eigenvalue weighted by molar-refractivity contribution is 7.47. The predicted octanol–water partition coefficient (Wildman–Crippen LogP) is 6.54. The number of aliphatic hydroxyl groups excluding tert-OH is 1. The summed E-state index contributed by atoms with van der Waals surface area (Å²) in [6, 6.07) is -1.55. The van der Waals surface area contributed by atoms with E-state index in [9.17, 15) is 34.1 Å². The normalized spacial score (nSPS) is 14.6. The van der Waals surface area contributed by atoms with Gasteiger partial charge >= 0.3 is 19.8 Å². The number of aliphatic hydroxyl groups is 1. The largest absolute Gasteiger partial charge is 0.480 e. The van der Waals surface area contributed by atoms with E-state index in [0.717, 1.165) is 77.0 Å². The van der Waals surface area contributed by atoms with Gasteiger partial charge in [0, 0.05) is 12.8 Å². The molecule has 1 amide bonds. The molecule has 0 fully saturated rings. The first-order valence-electron chi connectivity index (χ1n) is 16.0. The molecule has 0 saturated heterocycles. The van der Waals surface area contributed by atoms with E-state index in [0.29, 0.717) is 12.8 Å². The van der Waals surface area contributed by atoms with Gasteiger partial charge in [-0.05, 0) is 44.9 Å². The maximum absolute atomic E-state index is 12.2. The highest BCUT2D eigenvalue weighted by Gasteiger charge is 2.28. The Morgan fingerprint density at radius 3 is 1.95 bits per heavy atom. The molecule has 0 aliphatic rings. The molecule has 0 spiro atoms. The summed E-state index contributed by atoms with van der Waals surface area (Å²) in [4.78, 5) is 45.0. The maximum Gasteiger partial charge on any atom is 0.472 e. The fraction of sp³-hybridized carbons (Fsp3) is 0.719. The third kappa shape index (κ3) is 27.3. The molecule has 3 unspecified atom stereocenters. The van der Waals surface area contributed by atoms with Gasteiger partial charge in [-0.15, -0.1) is 0 Å². The molecule has 4 N–H and O–H groups in total. The summed E-state index contributed by atoms with van der Waals surface area (Å²) in [6.07, 6.45) is 25.7. The Morgan fingerprint density at radius 2 is 1.32 bits per heavy atom. The van der Waals surface area contributed by atoms with Crippen molar-refractivity contribution in [3.8, 4) is 0 Å². The minimum atomic E-state index is -4.73. The van der Waals surface area contributed by atoms with Crippen LogP contribution < -0.4 is 5.32 Å². The molecular formula is C32H56NO10P. The quantitative estimate of drug-likeness (QED) is 0.0303. The topological polar surface area (TPSA) is 169 Å². The molecule has 0 saturated carbocycles. The highest BCUT2D eigenvalue weighted by Crippen LogP contribution is 2.43. The van der Waals surface area contributed by atoms with Crippen LogP contribution in [0, 0.1) is 0 Å². The van der Waals surface area contributed by atoms with Crippen LogP contribution in [0.15, 0.2) is 36.5 Å². The summed E-state index contributed by atoms with van der Waals surface area (Å²) >= 11 is 0. The van der Waals surface area contributed by atoms with Crippen molar-refractivity contribution in [2.24, 2.45) is 0 Å². The molecule has 0 aromatic carbocycles. The Hall–Kier alpha value is -2.30. The van der Waals surface area contributed by atoms with Crippen molar-refractivity contribution in [2.45, 2.75) is 129 Å². The molecule has 0 rings (SSSR count). The first-order valence-corrected chi connectivity index (χ1v) is 17.5. The van der Waals surface area contributed by atoms with E-state index in [4.69, 9.17) is 9.26 Å². The van der Waals surface area contributed by atoms with Crippen LogP contribution in [0.1, 0.15) is 117 Å². The minimum Gasteiger partial charge on any atom is -0.480 e. The van der Waals surface area contributed by atoms with Crippen LogP contribution >= 0.6 is 7.82 Å². The zero-order valence-electron chi connectivity index (χ0n) is 26.7. The van der Waals surface area contributed by atoms with Crippen LogP contribution in [0.25, 0.3) is 0 Å². The van der Waals surface area contributed by atoms with Crippen molar-refractivity contribution in [3.05, 3.63) is 36.5 Å². The number of ether oxygens (including phenoxy) is 1. The van der Waals surface area contributed by atoms with Crippen molar-refractivity contribution in [1.29, 1.82) is 0 Å². The van der Waals surface area contributed by atoms with Crippen molar-refractivity contribution < 1.29 is 47.8 Å².